The minimum Gasteiger partial charge on any atom is -0.495 e. The van der Waals surface area contributed by atoms with E-state index in [1.54, 1.807) is 43.5 Å². The number of amides is 1. The number of carbonyl (C=O) groups excluding carboxylic acids is 2. The first-order valence-electron chi connectivity index (χ1n) is 5.74. The summed E-state index contributed by atoms with van der Waals surface area (Å²) in [6.45, 7) is 0. The molecule has 0 spiro atoms. The van der Waals surface area contributed by atoms with E-state index in [9.17, 15) is 9.59 Å². The lowest BCUT2D eigenvalue weighted by Crippen LogP contribution is -2.12. The van der Waals surface area contributed by atoms with Gasteiger partial charge in [0.2, 0.25) is 0 Å². The van der Waals surface area contributed by atoms with Gasteiger partial charge in [-0.05, 0) is 24.3 Å². The summed E-state index contributed by atoms with van der Waals surface area (Å²) in [5.41, 5.74) is 1.62. The Balaban J connectivity index is 2.18. The highest BCUT2D eigenvalue weighted by molar-refractivity contribution is 6.05. The third-order valence-electron chi connectivity index (χ3n) is 2.66. The van der Waals surface area contributed by atoms with Crippen LogP contribution in [0.3, 0.4) is 0 Å². The summed E-state index contributed by atoms with van der Waals surface area (Å²) < 4.78 is 5.16. The lowest BCUT2D eigenvalue weighted by Gasteiger charge is -2.09. The summed E-state index contributed by atoms with van der Waals surface area (Å²) in [7, 11) is 1.55. The van der Waals surface area contributed by atoms with Crippen LogP contribution in [0.4, 0.5) is 5.69 Å². The van der Waals surface area contributed by atoms with E-state index >= 15 is 0 Å². The first kappa shape index (κ1) is 12.8. The van der Waals surface area contributed by atoms with Crippen molar-refractivity contribution in [3.05, 3.63) is 59.7 Å². The second-order valence-corrected chi connectivity index (χ2v) is 3.89. The monoisotopic (exact) mass is 255 g/mol. The molecule has 0 aliphatic rings. The van der Waals surface area contributed by atoms with Crippen LogP contribution in [-0.4, -0.2) is 19.3 Å². The fourth-order valence-corrected chi connectivity index (χ4v) is 1.66. The largest absolute Gasteiger partial charge is 0.495 e. The summed E-state index contributed by atoms with van der Waals surface area (Å²) in [5, 5.41) is 2.76. The van der Waals surface area contributed by atoms with Crippen LogP contribution in [-0.2, 0) is 0 Å². The zero-order valence-electron chi connectivity index (χ0n) is 10.4. The fourth-order valence-electron chi connectivity index (χ4n) is 1.66. The van der Waals surface area contributed by atoms with Gasteiger partial charge < -0.3 is 10.1 Å². The lowest BCUT2D eigenvalue weighted by atomic mass is 10.1. The summed E-state index contributed by atoms with van der Waals surface area (Å²) >= 11 is 0. The zero-order chi connectivity index (χ0) is 13.7. The topological polar surface area (TPSA) is 55.4 Å². The Morgan fingerprint density at radius 2 is 1.79 bits per heavy atom. The molecule has 19 heavy (non-hydrogen) atoms. The van der Waals surface area contributed by atoms with Crippen molar-refractivity contribution in [2.45, 2.75) is 0 Å². The number of aldehydes is 1. The summed E-state index contributed by atoms with van der Waals surface area (Å²) in [5.74, 6) is 0.349. The number of para-hydroxylation sites is 2. The number of benzene rings is 2. The van der Waals surface area contributed by atoms with Crippen molar-refractivity contribution in [2.75, 3.05) is 12.4 Å². The van der Waals surface area contributed by atoms with E-state index < -0.39 is 0 Å². The smallest absolute Gasteiger partial charge is 0.255 e. The van der Waals surface area contributed by atoms with Crippen molar-refractivity contribution in [3.8, 4) is 5.75 Å². The van der Waals surface area contributed by atoms with Crippen LogP contribution in [0.15, 0.2) is 48.5 Å². The third kappa shape index (κ3) is 2.98. The number of anilines is 1. The Bertz CT molecular complexity index is 591. The highest BCUT2D eigenvalue weighted by Gasteiger charge is 2.08. The second kappa shape index (κ2) is 5.82. The van der Waals surface area contributed by atoms with Gasteiger partial charge in [0, 0.05) is 11.1 Å². The van der Waals surface area contributed by atoms with Crippen LogP contribution in [0, 0.1) is 0 Å². The molecular formula is C15H13NO3. The molecule has 0 bridgehead atoms. The van der Waals surface area contributed by atoms with Gasteiger partial charge in [-0.2, -0.15) is 0 Å². The molecule has 1 amide bonds. The van der Waals surface area contributed by atoms with E-state index in [0.717, 1.165) is 6.29 Å². The van der Waals surface area contributed by atoms with Crippen LogP contribution in [0.25, 0.3) is 0 Å². The Kier molecular flexibility index (Phi) is 3.93. The third-order valence-corrected chi connectivity index (χ3v) is 2.66. The molecule has 0 saturated carbocycles. The average Bonchev–Trinajstić information content (AvgIpc) is 2.48. The number of carbonyl (C=O) groups is 2. The maximum absolute atomic E-state index is 12.0. The highest BCUT2D eigenvalue weighted by Crippen LogP contribution is 2.23. The van der Waals surface area contributed by atoms with Gasteiger partial charge in [0.25, 0.3) is 5.91 Å². The molecule has 1 N–H and O–H groups in total. The number of rotatable bonds is 4. The number of hydrogen-bond acceptors (Lipinski definition) is 3. The maximum Gasteiger partial charge on any atom is 0.255 e. The van der Waals surface area contributed by atoms with Gasteiger partial charge in [-0.1, -0.05) is 24.3 Å². The van der Waals surface area contributed by atoms with Gasteiger partial charge >= 0.3 is 0 Å². The van der Waals surface area contributed by atoms with Crippen LogP contribution >= 0.6 is 0 Å². The van der Waals surface area contributed by atoms with Crippen molar-refractivity contribution < 1.29 is 14.3 Å². The number of hydrogen-bond donors (Lipinski definition) is 1. The van der Waals surface area contributed by atoms with Crippen molar-refractivity contribution in [3.63, 3.8) is 0 Å². The Morgan fingerprint density at radius 1 is 1.11 bits per heavy atom. The van der Waals surface area contributed by atoms with Crippen molar-refractivity contribution in [1.82, 2.24) is 0 Å². The van der Waals surface area contributed by atoms with Crippen LogP contribution in [0.5, 0.6) is 5.75 Å². The minimum atomic E-state index is -0.248. The van der Waals surface area contributed by atoms with E-state index in [1.807, 2.05) is 12.1 Å². The predicted octanol–water partition coefficient (Wildman–Crippen LogP) is 2.76. The molecule has 0 atom stereocenters. The molecule has 0 unspecified atom stereocenters. The molecule has 0 fully saturated rings. The Labute approximate surface area is 111 Å². The summed E-state index contributed by atoms with van der Waals surface area (Å²) in [4.78, 5) is 22.6. The average molecular weight is 255 g/mol. The molecule has 0 aliphatic carbocycles. The van der Waals surface area contributed by atoms with Gasteiger partial charge in [0.1, 0.15) is 12.0 Å². The fraction of sp³-hybridized carbons (Fsp3) is 0.0667. The minimum absolute atomic E-state index is 0.248. The van der Waals surface area contributed by atoms with E-state index in [0.29, 0.717) is 22.6 Å². The van der Waals surface area contributed by atoms with Gasteiger partial charge in [0.15, 0.2) is 0 Å². The van der Waals surface area contributed by atoms with Crippen LogP contribution in [0.1, 0.15) is 20.7 Å². The summed E-state index contributed by atoms with van der Waals surface area (Å²) in [6.07, 6.45) is 0.738. The van der Waals surface area contributed by atoms with Gasteiger partial charge in [-0.25, -0.2) is 0 Å². The molecule has 4 nitrogen and oxygen atoms in total. The van der Waals surface area contributed by atoms with Gasteiger partial charge in [0.05, 0.1) is 12.8 Å². The Morgan fingerprint density at radius 3 is 2.42 bits per heavy atom. The second-order valence-electron chi connectivity index (χ2n) is 3.89. The summed E-state index contributed by atoms with van der Waals surface area (Å²) in [6, 6.07) is 13.6. The first-order chi connectivity index (χ1) is 9.24. The van der Waals surface area contributed by atoms with Gasteiger partial charge in [-0.3, -0.25) is 9.59 Å². The Hall–Kier alpha value is -2.62. The molecule has 0 heterocycles. The first-order valence-corrected chi connectivity index (χ1v) is 5.74. The number of nitrogens with one attached hydrogen (secondary N) is 1. The zero-order valence-corrected chi connectivity index (χ0v) is 10.4. The van der Waals surface area contributed by atoms with Crippen LogP contribution < -0.4 is 10.1 Å². The quantitative estimate of drug-likeness (QED) is 0.855. The van der Waals surface area contributed by atoms with Crippen LogP contribution in [0.2, 0.25) is 0 Å². The maximum atomic E-state index is 12.0. The van der Waals surface area contributed by atoms with Crippen molar-refractivity contribution in [2.24, 2.45) is 0 Å². The molecule has 0 saturated heterocycles. The lowest BCUT2D eigenvalue weighted by molar-refractivity contribution is 0.102. The normalized spacial score (nSPS) is 9.74. The van der Waals surface area contributed by atoms with Crippen molar-refractivity contribution in [1.29, 1.82) is 0 Å². The van der Waals surface area contributed by atoms with E-state index in [-0.39, 0.29) is 5.91 Å². The molecule has 0 aromatic heterocycles. The number of ether oxygens (including phenoxy) is 1. The molecule has 4 heteroatoms. The van der Waals surface area contributed by atoms with Crippen molar-refractivity contribution >= 4 is 17.9 Å². The standard InChI is InChI=1S/C15H13NO3/c1-19-14-5-3-2-4-13(14)16-15(18)12-8-6-11(10-17)7-9-12/h2-10H,1H3,(H,16,18). The molecule has 2 aromatic rings. The molecule has 2 aromatic carbocycles. The number of methoxy groups -OCH3 is 1. The van der Waals surface area contributed by atoms with E-state index in [4.69, 9.17) is 4.74 Å². The molecule has 2 rings (SSSR count). The van der Waals surface area contributed by atoms with E-state index in [2.05, 4.69) is 5.32 Å². The highest BCUT2D eigenvalue weighted by atomic mass is 16.5. The van der Waals surface area contributed by atoms with Gasteiger partial charge in [-0.15, -0.1) is 0 Å². The molecule has 0 radical (unpaired) electrons. The molecule has 96 valence electrons. The predicted molar refractivity (Wildman–Crippen MR) is 72.8 cm³/mol. The molecular weight excluding hydrogens is 242 g/mol. The van der Waals surface area contributed by atoms with E-state index in [1.165, 1.54) is 0 Å². The SMILES string of the molecule is COc1ccccc1NC(=O)c1ccc(C=O)cc1. The molecule has 0 aliphatic heterocycles.